The van der Waals surface area contributed by atoms with E-state index in [0.717, 1.165) is 16.0 Å². The average Bonchev–Trinajstić information content (AvgIpc) is 2.81. The number of nitrogens with zero attached hydrogens (tertiary/aromatic N) is 2. The van der Waals surface area contributed by atoms with Gasteiger partial charge in [0.2, 0.25) is 0 Å². The van der Waals surface area contributed by atoms with Gasteiger partial charge in [0.05, 0.1) is 18.9 Å². The summed E-state index contributed by atoms with van der Waals surface area (Å²) in [5.74, 6) is -1.09. The highest BCUT2D eigenvalue weighted by Crippen LogP contribution is 2.24. The SMILES string of the molecule is Cc1cc(C)cc(N2C(=O)NC(=O)/C(=C\c3ccc(OCC(=O)N4CCOCC4)cc3)C2=O)c1. The zero-order valence-corrected chi connectivity index (χ0v) is 19.0. The lowest BCUT2D eigenvalue weighted by molar-refractivity contribution is -0.137. The number of barbiturate groups is 1. The Morgan fingerprint density at radius 1 is 1.03 bits per heavy atom. The lowest BCUT2D eigenvalue weighted by atomic mass is 10.1. The molecule has 2 heterocycles. The molecule has 0 bridgehead atoms. The van der Waals surface area contributed by atoms with Gasteiger partial charge in [0, 0.05) is 13.1 Å². The van der Waals surface area contributed by atoms with Crippen LogP contribution in [0.15, 0.2) is 48.0 Å². The predicted molar refractivity (Wildman–Crippen MR) is 124 cm³/mol. The van der Waals surface area contributed by atoms with E-state index in [2.05, 4.69) is 5.32 Å². The van der Waals surface area contributed by atoms with E-state index in [9.17, 15) is 19.2 Å². The van der Waals surface area contributed by atoms with Crippen molar-refractivity contribution in [3.63, 3.8) is 0 Å². The molecule has 0 radical (unpaired) electrons. The van der Waals surface area contributed by atoms with Gasteiger partial charge in [0.15, 0.2) is 6.61 Å². The minimum atomic E-state index is -0.786. The maximum Gasteiger partial charge on any atom is 0.335 e. The molecule has 9 heteroatoms. The van der Waals surface area contributed by atoms with E-state index >= 15 is 0 Å². The van der Waals surface area contributed by atoms with Crippen LogP contribution in [0.25, 0.3) is 6.08 Å². The molecule has 2 saturated heterocycles. The lowest BCUT2D eigenvalue weighted by Gasteiger charge is -2.27. The molecule has 2 aromatic rings. The van der Waals surface area contributed by atoms with Gasteiger partial charge in [0.1, 0.15) is 11.3 Å². The molecule has 2 aliphatic heterocycles. The number of rotatable bonds is 5. The topological polar surface area (TPSA) is 105 Å². The number of nitrogens with one attached hydrogen (secondary N) is 1. The molecule has 1 N–H and O–H groups in total. The number of anilines is 1. The number of hydrogen-bond acceptors (Lipinski definition) is 6. The predicted octanol–water partition coefficient (Wildman–Crippen LogP) is 2.21. The second-order valence-corrected chi connectivity index (χ2v) is 8.15. The monoisotopic (exact) mass is 463 g/mol. The quantitative estimate of drug-likeness (QED) is 0.539. The largest absolute Gasteiger partial charge is 0.484 e. The second kappa shape index (κ2) is 9.88. The van der Waals surface area contributed by atoms with Gasteiger partial charge < -0.3 is 14.4 Å². The van der Waals surface area contributed by atoms with E-state index in [1.165, 1.54) is 6.08 Å². The van der Waals surface area contributed by atoms with E-state index in [-0.39, 0.29) is 18.1 Å². The summed E-state index contributed by atoms with van der Waals surface area (Å²) in [5.41, 5.74) is 2.59. The summed E-state index contributed by atoms with van der Waals surface area (Å²) < 4.78 is 10.8. The number of imide groups is 2. The standard InChI is InChI=1S/C25H25N3O6/c1-16-11-17(2)13-19(12-16)28-24(31)21(23(30)26-25(28)32)14-18-3-5-20(6-4-18)34-15-22(29)27-7-9-33-10-8-27/h3-6,11-14H,7-10,15H2,1-2H3,(H,26,30,32)/b21-14+. The van der Waals surface area contributed by atoms with Crippen LogP contribution in [0.1, 0.15) is 16.7 Å². The Labute approximate surface area is 196 Å². The van der Waals surface area contributed by atoms with Gasteiger partial charge in [-0.15, -0.1) is 0 Å². The van der Waals surface area contributed by atoms with E-state index in [4.69, 9.17) is 9.47 Å². The summed E-state index contributed by atoms with van der Waals surface area (Å²) in [6.45, 7) is 5.78. The molecule has 0 spiro atoms. The van der Waals surface area contributed by atoms with Crippen molar-refractivity contribution in [2.45, 2.75) is 13.8 Å². The van der Waals surface area contributed by atoms with Crippen molar-refractivity contribution in [2.75, 3.05) is 37.8 Å². The molecule has 5 amide bonds. The van der Waals surface area contributed by atoms with Crippen LogP contribution in [-0.4, -0.2) is 61.6 Å². The van der Waals surface area contributed by atoms with E-state index in [1.54, 1.807) is 41.3 Å². The Bertz CT molecular complexity index is 1150. The molecule has 0 saturated carbocycles. The average molecular weight is 463 g/mol. The normalized spacial score (nSPS) is 17.7. The molecule has 0 unspecified atom stereocenters. The van der Waals surface area contributed by atoms with Gasteiger partial charge in [0.25, 0.3) is 17.7 Å². The molecule has 0 aromatic heterocycles. The zero-order valence-electron chi connectivity index (χ0n) is 19.0. The van der Waals surface area contributed by atoms with Crippen molar-refractivity contribution in [2.24, 2.45) is 0 Å². The molecule has 0 atom stereocenters. The smallest absolute Gasteiger partial charge is 0.335 e. The Morgan fingerprint density at radius 3 is 2.32 bits per heavy atom. The fourth-order valence-electron chi connectivity index (χ4n) is 3.85. The van der Waals surface area contributed by atoms with Gasteiger partial charge in [-0.05, 0) is 60.9 Å². The summed E-state index contributed by atoms with van der Waals surface area (Å²) in [5, 5.41) is 2.23. The molecule has 2 aliphatic rings. The van der Waals surface area contributed by atoms with Crippen molar-refractivity contribution >= 4 is 35.5 Å². The van der Waals surface area contributed by atoms with E-state index in [1.807, 2.05) is 19.9 Å². The van der Waals surface area contributed by atoms with Crippen LogP contribution < -0.4 is 15.0 Å². The van der Waals surface area contributed by atoms with Crippen LogP contribution in [0.2, 0.25) is 0 Å². The molecular formula is C25H25N3O6. The number of benzene rings is 2. The summed E-state index contributed by atoms with van der Waals surface area (Å²) in [7, 11) is 0. The second-order valence-electron chi connectivity index (χ2n) is 8.15. The van der Waals surface area contributed by atoms with Crippen LogP contribution in [-0.2, 0) is 19.1 Å². The van der Waals surface area contributed by atoms with Crippen molar-refractivity contribution in [3.8, 4) is 5.75 Å². The summed E-state index contributed by atoms with van der Waals surface area (Å²) in [6, 6.07) is 11.2. The molecule has 34 heavy (non-hydrogen) atoms. The van der Waals surface area contributed by atoms with E-state index < -0.39 is 17.8 Å². The van der Waals surface area contributed by atoms with Gasteiger partial charge in [-0.2, -0.15) is 0 Å². The first kappa shape index (κ1) is 23.2. The maximum atomic E-state index is 13.1. The Balaban J connectivity index is 1.47. The number of carbonyl (C=O) groups excluding carboxylic acids is 4. The van der Waals surface area contributed by atoms with Crippen LogP contribution in [0, 0.1) is 13.8 Å². The van der Waals surface area contributed by atoms with Crippen molar-refractivity contribution < 1.29 is 28.7 Å². The Morgan fingerprint density at radius 2 is 1.68 bits per heavy atom. The first-order chi connectivity index (χ1) is 16.3. The highest BCUT2D eigenvalue weighted by molar-refractivity contribution is 6.39. The summed E-state index contributed by atoms with van der Waals surface area (Å²) >= 11 is 0. The molecule has 176 valence electrons. The van der Waals surface area contributed by atoms with Crippen LogP contribution in [0.5, 0.6) is 5.75 Å². The van der Waals surface area contributed by atoms with Crippen LogP contribution in [0.3, 0.4) is 0 Å². The molecular weight excluding hydrogens is 438 g/mol. The van der Waals surface area contributed by atoms with Gasteiger partial charge in [-0.3, -0.25) is 19.7 Å². The van der Waals surface area contributed by atoms with Gasteiger partial charge in [-0.1, -0.05) is 18.2 Å². The number of aryl methyl sites for hydroxylation is 2. The third-order valence-electron chi connectivity index (χ3n) is 5.48. The van der Waals surface area contributed by atoms with Crippen molar-refractivity contribution in [1.29, 1.82) is 0 Å². The number of urea groups is 1. The Kier molecular flexibility index (Phi) is 6.74. The number of hydrogen-bond donors (Lipinski definition) is 1. The fraction of sp³-hybridized carbons (Fsp3) is 0.280. The number of amides is 5. The first-order valence-corrected chi connectivity index (χ1v) is 10.9. The Hall–Kier alpha value is -3.98. The third-order valence-corrected chi connectivity index (χ3v) is 5.48. The van der Waals surface area contributed by atoms with Gasteiger partial charge >= 0.3 is 6.03 Å². The number of carbonyl (C=O) groups is 4. The molecule has 2 aromatic carbocycles. The van der Waals surface area contributed by atoms with Crippen LogP contribution >= 0.6 is 0 Å². The number of morpholine rings is 1. The minimum absolute atomic E-state index is 0.0890. The van der Waals surface area contributed by atoms with Crippen molar-refractivity contribution in [3.05, 3.63) is 64.7 Å². The third kappa shape index (κ3) is 5.15. The molecule has 2 fully saturated rings. The highest BCUT2D eigenvalue weighted by atomic mass is 16.5. The molecule has 4 rings (SSSR count). The highest BCUT2D eigenvalue weighted by Gasteiger charge is 2.36. The fourth-order valence-corrected chi connectivity index (χ4v) is 3.85. The maximum absolute atomic E-state index is 13.1. The summed E-state index contributed by atoms with van der Waals surface area (Å²) in [4.78, 5) is 52.7. The van der Waals surface area contributed by atoms with Gasteiger partial charge in [-0.25, -0.2) is 9.69 Å². The number of ether oxygens (including phenoxy) is 2. The zero-order chi connectivity index (χ0) is 24.2. The lowest BCUT2D eigenvalue weighted by Crippen LogP contribution is -2.54. The first-order valence-electron chi connectivity index (χ1n) is 10.9. The van der Waals surface area contributed by atoms with E-state index in [0.29, 0.717) is 43.3 Å². The van der Waals surface area contributed by atoms with Crippen molar-refractivity contribution in [1.82, 2.24) is 10.2 Å². The summed E-state index contributed by atoms with van der Waals surface area (Å²) in [6.07, 6.45) is 1.42. The minimum Gasteiger partial charge on any atom is -0.484 e. The molecule has 0 aliphatic carbocycles. The van der Waals surface area contributed by atoms with Crippen LogP contribution in [0.4, 0.5) is 10.5 Å². The molecule has 9 nitrogen and oxygen atoms in total.